The van der Waals surface area contributed by atoms with Crippen molar-refractivity contribution in [3.8, 4) is 11.5 Å². The van der Waals surface area contributed by atoms with Crippen molar-refractivity contribution in [2.75, 3.05) is 25.3 Å². The Balaban J connectivity index is 2.02. The van der Waals surface area contributed by atoms with Gasteiger partial charge in [0.25, 0.3) is 0 Å². The number of methoxy groups -OCH3 is 2. The van der Waals surface area contributed by atoms with Crippen LogP contribution < -0.4 is 14.8 Å². The molecule has 8 heteroatoms. The summed E-state index contributed by atoms with van der Waals surface area (Å²) in [6, 6.07) is 5.65. The van der Waals surface area contributed by atoms with E-state index >= 15 is 0 Å². The highest BCUT2D eigenvalue weighted by Crippen LogP contribution is 2.31. The number of nitrogens with zero attached hydrogens (tertiary/aromatic N) is 2. The molecule has 0 aliphatic heterocycles. The van der Waals surface area contributed by atoms with Crippen LogP contribution in [0, 0.1) is 5.92 Å². The summed E-state index contributed by atoms with van der Waals surface area (Å²) in [7, 11) is 3.19. The van der Waals surface area contributed by atoms with Crippen molar-refractivity contribution in [1.29, 1.82) is 0 Å². The van der Waals surface area contributed by atoms with Gasteiger partial charge in [0.2, 0.25) is 5.91 Å². The first-order valence-electron chi connectivity index (χ1n) is 8.11. The second-order valence-corrected chi connectivity index (χ2v) is 6.97. The van der Waals surface area contributed by atoms with E-state index in [9.17, 15) is 9.59 Å². The highest BCUT2D eigenvalue weighted by atomic mass is 32.2. The molecular formula is C18H23N3O4S. The van der Waals surface area contributed by atoms with Crippen LogP contribution in [-0.2, 0) is 16.1 Å². The van der Waals surface area contributed by atoms with Gasteiger partial charge in [0, 0.05) is 30.4 Å². The fraction of sp³-hybridized carbons (Fsp3) is 0.389. The van der Waals surface area contributed by atoms with Crippen molar-refractivity contribution < 1.29 is 19.1 Å². The Morgan fingerprint density at radius 2 is 2.08 bits per heavy atom. The predicted octanol–water partition coefficient (Wildman–Crippen LogP) is 2.80. The molecule has 2 rings (SSSR count). The molecule has 0 saturated heterocycles. The predicted molar refractivity (Wildman–Crippen MR) is 102 cm³/mol. The van der Waals surface area contributed by atoms with E-state index in [4.69, 9.17) is 9.47 Å². The Kier molecular flexibility index (Phi) is 7.08. The largest absolute Gasteiger partial charge is 0.493 e. The zero-order valence-electron chi connectivity index (χ0n) is 15.3. The lowest BCUT2D eigenvalue weighted by Gasteiger charge is -2.12. The van der Waals surface area contributed by atoms with Crippen LogP contribution in [0.1, 0.15) is 19.4 Å². The van der Waals surface area contributed by atoms with Crippen LogP contribution in [0.2, 0.25) is 0 Å². The molecule has 0 fully saturated rings. The number of amides is 1. The maximum absolute atomic E-state index is 12.2. The summed E-state index contributed by atoms with van der Waals surface area (Å²) >= 11 is 1.15. The van der Waals surface area contributed by atoms with Gasteiger partial charge in [-0.1, -0.05) is 30.8 Å². The van der Waals surface area contributed by atoms with Crippen LogP contribution in [0.25, 0.3) is 0 Å². The molecule has 1 atom stereocenters. The standard InChI is InChI=1S/C18H23N3O4S/c1-12(11-26-13(2)22)18(23)20-15-8-19-21(10-15)9-14-6-5-7-16(24-3)17(14)25-4/h5-8,10,12H,9,11H2,1-4H3,(H,20,23). The molecule has 0 bridgehead atoms. The SMILES string of the molecule is COc1cccc(Cn2cc(NC(=O)C(C)CSC(C)=O)cn2)c1OC. The molecule has 1 aromatic heterocycles. The van der Waals surface area contributed by atoms with Gasteiger partial charge in [0.05, 0.1) is 32.6 Å². The van der Waals surface area contributed by atoms with Gasteiger partial charge < -0.3 is 14.8 Å². The van der Waals surface area contributed by atoms with Gasteiger partial charge in [-0.15, -0.1) is 0 Å². The summed E-state index contributed by atoms with van der Waals surface area (Å²) in [5, 5.41) is 7.10. The molecule has 1 aromatic carbocycles. The van der Waals surface area contributed by atoms with Crippen LogP contribution in [0.5, 0.6) is 11.5 Å². The Morgan fingerprint density at radius 1 is 1.31 bits per heavy atom. The number of anilines is 1. The number of rotatable bonds is 8. The number of ether oxygens (including phenoxy) is 2. The fourth-order valence-electron chi connectivity index (χ4n) is 2.35. The molecule has 0 aliphatic carbocycles. The van der Waals surface area contributed by atoms with Gasteiger partial charge in [-0.3, -0.25) is 14.3 Å². The van der Waals surface area contributed by atoms with Crippen LogP contribution in [-0.4, -0.2) is 40.8 Å². The summed E-state index contributed by atoms with van der Waals surface area (Å²) in [5.41, 5.74) is 1.52. The minimum Gasteiger partial charge on any atom is -0.493 e. The van der Waals surface area contributed by atoms with Crippen LogP contribution in [0.3, 0.4) is 0 Å². The number of carbonyl (C=O) groups is 2. The summed E-state index contributed by atoms with van der Waals surface area (Å²) in [5.74, 6) is 1.35. The maximum Gasteiger partial charge on any atom is 0.228 e. The van der Waals surface area contributed by atoms with Gasteiger partial charge in [0.1, 0.15) is 0 Å². The zero-order chi connectivity index (χ0) is 19.1. The first kappa shape index (κ1) is 19.8. The third-order valence-corrected chi connectivity index (χ3v) is 4.77. The summed E-state index contributed by atoms with van der Waals surface area (Å²) < 4.78 is 12.4. The first-order chi connectivity index (χ1) is 12.4. The third kappa shape index (κ3) is 5.26. The molecule has 2 aromatic rings. The molecule has 0 aliphatic rings. The molecule has 1 amide bonds. The van der Waals surface area contributed by atoms with E-state index in [1.54, 1.807) is 38.2 Å². The Bertz CT molecular complexity index is 776. The molecule has 1 unspecified atom stereocenters. The summed E-state index contributed by atoms with van der Waals surface area (Å²) in [6.45, 7) is 3.76. The van der Waals surface area contributed by atoms with Crippen molar-refractivity contribution in [2.24, 2.45) is 5.92 Å². The average Bonchev–Trinajstić information content (AvgIpc) is 3.05. The number of benzene rings is 1. The quantitative estimate of drug-likeness (QED) is 0.762. The van der Waals surface area contributed by atoms with Gasteiger partial charge in [-0.2, -0.15) is 5.10 Å². The molecule has 0 spiro atoms. The lowest BCUT2D eigenvalue weighted by atomic mass is 10.2. The van der Waals surface area contributed by atoms with Crippen molar-refractivity contribution in [3.05, 3.63) is 36.2 Å². The van der Waals surface area contributed by atoms with E-state index in [1.807, 2.05) is 18.2 Å². The lowest BCUT2D eigenvalue weighted by Crippen LogP contribution is -2.22. The number of para-hydroxylation sites is 1. The molecule has 0 saturated carbocycles. The topological polar surface area (TPSA) is 82.5 Å². The van der Waals surface area contributed by atoms with E-state index in [2.05, 4.69) is 10.4 Å². The Morgan fingerprint density at radius 3 is 2.73 bits per heavy atom. The smallest absolute Gasteiger partial charge is 0.228 e. The molecule has 1 N–H and O–H groups in total. The normalized spacial score (nSPS) is 11.7. The first-order valence-corrected chi connectivity index (χ1v) is 9.09. The van der Waals surface area contributed by atoms with E-state index in [-0.39, 0.29) is 16.9 Å². The Hall–Kier alpha value is -2.48. The maximum atomic E-state index is 12.2. The van der Waals surface area contributed by atoms with Crippen LogP contribution in [0.4, 0.5) is 5.69 Å². The highest BCUT2D eigenvalue weighted by Gasteiger charge is 2.15. The average molecular weight is 377 g/mol. The number of nitrogens with one attached hydrogen (secondary N) is 1. The zero-order valence-corrected chi connectivity index (χ0v) is 16.1. The fourth-order valence-corrected chi connectivity index (χ4v) is 2.99. The highest BCUT2D eigenvalue weighted by molar-refractivity contribution is 8.13. The van der Waals surface area contributed by atoms with Gasteiger partial charge in [-0.05, 0) is 6.07 Å². The number of aromatic nitrogens is 2. The second kappa shape index (κ2) is 9.28. The molecule has 7 nitrogen and oxygen atoms in total. The van der Waals surface area contributed by atoms with Crippen molar-refractivity contribution in [2.45, 2.75) is 20.4 Å². The minimum absolute atomic E-state index is 0.00436. The summed E-state index contributed by atoms with van der Waals surface area (Å²) in [6.07, 6.45) is 3.34. The van der Waals surface area contributed by atoms with Crippen LogP contribution in [0.15, 0.2) is 30.6 Å². The number of hydrogen-bond donors (Lipinski definition) is 1. The van der Waals surface area contributed by atoms with E-state index in [0.717, 1.165) is 17.3 Å². The monoisotopic (exact) mass is 377 g/mol. The lowest BCUT2D eigenvalue weighted by molar-refractivity contribution is -0.118. The molecule has 0 radical (unpaired) electrons. The van der Waals surface area contributed by atoms with Crippen LogP contribution >= 0.6 is 11.8 Å². The molecule has 26 heavy (non-hydrogen) atoms. The molecule has 140 valence electrons. The van der Waals surface area contributed by atoms with Gasteiger partial charge >= 0.3 is 0 Å². The summed E-state index contributed by atoms with van der Waals surface area (Å²) in [4.78, 5) is 23.2. The van der Waals surface area contributed by atoms with E-state index < -0.39 is 0 Å². The number of carbonyl (C=O) groups excluding carboxylic acids is 2. The van der Waals surface area contributed by atoms with E-state index in [1.165, 1.54) is 6.92 Å². The number of thioether (sulfide) groups is 1. The second-order valence-electron chi connectivity index (χ2n) is 5.77. The molecule has 1 heterocycles. The molecular weight excluding hydrogens is 354 g/mol. The van der Waals surface area contributed by atoms with Gasteiger partial charge in [-0.25, -0.2) is 0 Å². The van der Waals surface area contributed by atoms with Crippen molar-refractivity contribution in [3.63, 3.8) is 0 Å². The Labute approximate surface area is 157 Å². The number of hydrogen-bond acceptors (Lipinski definition) is 6. The van der Waals surface area contributed by atoms with Gasteiger partial charge in [0.15, 0.2) is 16.6 Å². The van der Waals surface area contributed by atoms with E-state index in [0.29, 0.717) is 29.5 Å². The third-order valence-electron chi connectivity index (χ3n) is 3.70. The van der Waals surface area contributed by atoms with Crippen molar-refractivity contribution >= 4 is 28.5 Å². The van der Waals surface area contributed by atoms with Crippen molar-refractivity contribution in [1.82, 2.24) is 9.78 Å². The minimum atomic E-state index is -0.272.